The summed E-state index contributed by atoms with van der Waals surface area (Å²) in [7, 11) is 1.35. The first-order valence-corrected chi connectivity index (χ1v) is 8.63. The zero-order valence-electron chi connectivity index (χ0n) is 13.7. The quantitative estimate of drug-likeness (QED) is 0.428. The van der Waals surface area contributed by atoms with Crippen LogP contribution in [-0.2, 0) is 11.3 Å². The molecule has 0 fully saturated rings. The smallest absolute Gasteiger partial charge is 0.337 e. The van der Waals surface area contributed by atoms with Crippen LogP contribution in [0.5, 0.6) is 0 Å². The standard InChI is InChI=1S/C17H15N5O2S/c1-24-17(23)12-5-3-11(4-6-12)10-19-15-13(9-18)16(25-2)21-14-7-8-20-22(14)15/h3-8,19H,10H2,1-2H3. The third kappa shape index (κ3) is 3.27. The van der Waals surface area contributed by atoms with Crippen LogP contribution in [0.25, 0.3) is 5.65 Å². The van der Waals surface area contributed by atoms with Crippen LogP contribution in [0.2, 0.25) is 0 Å². The summed E-state index contributed by atoms with van der Waals surface area (Å²) in [6, 6.07) is 11.1. The zero-order chi connectivity index (χ0) is 17.8. The molecular formula is C17H15N5O2S. The Morgan fingerprint density at radius 1 is 1.36 bits per heavy atom. The fraction of sp³-hybridized carbons (Fsp3) is 0.176. The predicted molar refractivity (Wildman–Crippen MR) is 94.6 cm³/mol. The molecule has 3 aromatic rings. The van der Waals surface area contributed by atoms with E-state index in [1.54, 1.807) is 28.9 Å². The molecule has 0 spiro atoms. The van der Waals surface area contributed by atoms with Crippen LogP contribution in [0, 0.1) is 11.3 Å². The number of fused-ring (bicyclic) bond motifs is 1. The van der Waals surface area contributed by atoms with Crippen LogP contribution in [0.15, 0.2) is 41.6 Å². The Kier molecular flexibility index (Phi) is 4.86. The van der Waals surface area contributed by atoms with Gasteiger partial charge < -0.3 is 10.1 Å². The van der Waals surface area contributed by atoms with Gasteiger partial charge in [0.1, 0.15) is 16.7 Å². The molecule has 0 saturated carbocycles. The van der Waals surface area contributed by atoms with Crippen molar-refractivity contribution < 1.29 is 9.53 Å². The molecule has 126 valence electrons. The number of rotatable bonds is 5. The number of aromatic nitrogens is 3. The van der Waals surface area contributed by atoms with Gasteiger partial charge in [0.25, 0.3) is 0 Å². The van der Waals surface area contributed by atoms with E-state index in [9.17, 15) is 10.1 Å². The van der Waals surface area contributed by atoms with Crippen LogP contribution >= 0.6 is 11.8 Å². The van der Waals surface area contributed by atoms with E-state index in [0.29, 0.717) is 34.2 Å². The second-order valence-electron chi connectivity index (χ2n) is 5.10. The molecule has 2 heterocycles. The van der Waals surface area contributed by atoms with Crippen molar-refractivity contribution in [1.29, 1.82) is 5.26 Å². The SMILES string of the molecule is COC(=O)c1ccc(CNc2c(C#N)c(SC)nc3ccnn23)cc1. The minimum atomic E-state index is -0.372. The van der Waals surface area contributed by atoms with Crippen LogP contribution in [0.4, 0.5) is 5.82 Å². The summed E-state index contributed by atoms with van der Waals surface area (Å²) in [5.74, 6) is 0.224. The van der Waals surface area contributed by atoms with E-state index in [0.717, 1.165) is 5.56 Å². The van der Waals surface area contributed by atoms with Crippen molar-refractivity contribution >= 4 is 29.2 Å². The lowest BCUT2D eigenvalue weighted by Crippen LogP contribution is -2.10. The van der Waals surface area contributed by atoms with Gasteiger partial charge in [-0.05, 0) is 24.0 Å². The Labute approximate surface area is 148 Å². The summed E-state index contributed by atoms with van der Waals surface area (Å²) >= 11 is 1.42. The van der Waals surface area contributed by atoms with E-state index in [-0.39, 0.29) is 5.97 Å². The Bertz CT molecular complexity index is 960. The summed E-state index contributed by atoms with van der Waals surface area (Å²) in [6.45, 7) is 0.475. The molecule has 0 radical (unpaired) electrons. The Morgan fingerprint density at radius 2 is 2.12 bits per heavy atom. The number of benzene rings is 1. The number of nitrogens with one attached hydrogen (secondary N) is 1. The highest BCUT2D eigenvalue weighted by Crippen LogP contribution is 2.26. The first-order valence-electron chi connectivity index (χ1n) is 7.41. The van der Waals surface area contributed by atoms with Gasteiger partial charge >= 0.3 is 5.97 Å². The van der Waals surface area contributed by atoms with Crippen molar-refractivity contribution in [3.8, 4) is 6.07 Å². The minimum Gasteiger partial charge on any atom is -0.465 e. The normalized spacial score (nSPS) is 10.4. The number of nitriles is 1. The molecule has 1 aromatic carbocycles. The molecule has 0 atom stereocenters. The molecule has 2 aromatic heterocycles. The number of thioether (sulfide) groups is 1. The average molecular weight is 353 g/mol. The maximum Gasteiger partial charge on any atom is 0.337 e. The zero-order valence-corrected chi connectivity index (χ0v) is 14.5. The van der Waals surface area contributed by atoms with E-state index in [4.69, 9.17) is 0 Å². The summed E-state index contributed by atoms with van der Waals surface area (Å²) in [4.78, 5) is 15.9. The molecule has 1 N–H and O–H groups in total. The van der Waals surface area contributed by atoms with Gasteiger partial charge in [-0.1, -0.05) is 12.1 Å². The number of nitrogens with zero attached hydrogens (tertiary/aromatic N) is 4. The highest BCUT2D eigenvalue weighted by atomic mass is 32.2. The average Bonchev–Trinajstić information content (AvgIpc) is 3.13. The fourth-order valence-electron chi connectivity index (χ4n) is 2.39. The Morgan fingerprint density at radius 3 is 2.76 bits per heavy atom. The van der Waals surface area contributed by atoms with Gasteiger partial charge in [-0.3, -0.25) is 0 Å². The summed E-state index contributed by atoms with van der Waals surface area (Å²) in [5.41, 5.74) is 2.58. The lowest BCUT2D eigenvalue weighted by atomic mass is 10.1. The van der Waals surface area contributed by atoms with Crippen molar-refractivity contribution in [3.05, 3.63) is 53.2 Å². The predicted octanol–water partition coefficient (Wildman–Crippen LogP) is 2.72. The van der Waals surface area contributed by atoms with Gasteiger partial charge in [0.15, 0.2) is 11.5 Å². The Hall–Kier alpha value is -3.05. The van der Waals surface area contributed by atoms with E-state index in [1.807, 2.05) is 18.4 Å². The van der Waals surface area contributed by atoms with Crippen molar-refractivity contribution in [2.24, 2.45) is 0 Å². The van der Waals surface area contributed by atoms with Crippen molar-refractivity contribution in [1.82, 2.24) is 14.6 Å². The highest BCUT2D eigenvalue weighted by molar-refractivity contribution is 7.98. The molecule has 0 aliphatic rings. The van der Waals surface area contributed by atoms with E-state index in [1.165, 1.54) is 18.9 Å². The van der Waals surface area contributed by atoms with Gasteiger partial charge in [0.2, 0.25) is 0 Å². The summed E-state index contributed by atoms with van der Waals surface area (Å²) in [5, 5.41) is 17.7. The van der Waals surface area contributed by atoms with Crippen molar-refractivity contribution in [2.45, 2.75) is 11.6 Å². The molecular weight excluding hydrogens is 338 g/mol. The minimum absolute atomic E-state index is 0.372. The maximum absolute atomic E-state index is 11.5. The van der Waals surface area contributed by atoms with E-state index in [2.05, 4.69) is 26.2 Å². The molecule has 0 saturated heterocycles. The second kappa shape index (κ2) is 7.23. The lowest BCUT2D eigenvalue weighted by Gasteiger charge is -2.12. The number of esters is 1. The number of carbonyl (C=O) groups excluding carboxylic acids is 1. The summed E-state index contributed by atoms with van der Waals surface area (Å²) < 4.78 is 6.30. The number of hydrogen-bond acceptors (Lipinski definition) is 7. The molecule has 8 heteroatoms. The van der Waals surface area contributed by atoms with Crippen LogP contribution < -0.4 is 5.32 Å². The lowest BCUT2D eigenvalue weighted by molar-refractivity contribution is 0.0600. The topological polar surface area (TPSA) is 92.3 Å². The number of methoxy groups -OCH3 is 1. The highest BCUT2D eigenvalue weighted by Gasteiger charge is 2.15. The van der Waals surface area contributed by atoms with Gasteiger partial charge in [-0.2, -0.15) is 14.9 Å². The molecule has 25 heavy (non-hydrogen) atoms. The first-order chi connectivity index (χ1) is 12.2. The second-order valence-corrected chi connectivity index (χ2v) is 5.89. The first kappa shape index (κ1) is 16.8. The number of anilines is 1. The molecule has 7 nitrogen and oxygen atoms in total. The van der Waals surface area contributed by atoms with Crippen LogP contribution in [0.1, 0.15) is 21.5 Å². The third-order valence-electron chi connectivity index (χ3n) is 3.64. The molecule has 0 bridgehead atoms. The third-order valence-corrected chi connectivity index (χ3v) is 4.32. The number of carbonyl (C=O) groups is 1. The van der Waals surface area contributed by atoms with Gasteiger partial charge in [-0.25, -0.2) is 9.78 Å². The molecule has 0 aliphatic heterocycles. The van der Waals surface area contributed by atoms with E-state index >= 15 is 0 Å². The fourth-order valence-corrected chi connectivity index (χ4v) is 2.93. The molecule has 0 aliphatic carbocycles. The largest absolute Gasteiger partial charge is 0.465 e. The van der Waals surface area contributed by atoms with E-state index < -0.39 is 0 Å². The van der Waals surface area contributed by atoms with Crippen LogP contribution in [-0.4, -0.2) is 33.9 Å². The monoisotopic (exact) mass is 353 g/mol. The molecule has 3 rings (SSSR count). The van der Waals surface area contributed by atoms with Gasteiger partial charge in [0, 0.05) is 12.6 Å². The number of ether oxygens (including phenoxy) is 1. The van der Waals surface area contributed by atoms with Gasteiger partial charge in [0.05, 0.1) is 18.9 Å². The molecule has 0 amide bonds. The molecule has 0 unspecified atom stereocenters. The maximum atomic E-state index is 11.5. The number of hydrogen-bond donors (Lipinski definition) is 1. The van der Waals surface area contributed by atoms with Crippen molar-refractivity contribution in [2.75, 3.05) is 18.7 Å². The van der Waals surface area contributed by atoms with Crippen LogP contribution in [0.3, 0.4) is 0 Å². The Balaban J connectivity index is 1.89. The summed E-state index contributed by atoms with van der Waals surface area (Å²) in [6.07, 6.45) is 3.52. The van der Waals surface area contributed by atoms with Crippen molar-refractivity contribution in [3.63, 3.8) is 0 Å². The van der Waals surface area contributed by atoms with Gasteiger partial charge in [-0.15, -0.1) is 11.8 Å².